The molecule has 1 aliphatic heterocycles. The molecule has 150 valence electrons. The number of ether oxygens (including phenoxy) is 2. The van der Waals surface area contributed by atoms with Gasteiger partial charge < -0.3 is 13.9 Å². The fourth-order valence-electron chi connectivity index (χ4n) is 2.84. The van der Waals surface area contributed by atoms with Gasteiger partial charge in [-0.05, 0) is 23.7 Å². The van der Waals surface area contributed by atoms with Crippen LogP contribution >= 0.6 is 0 Å². The zero-order valence-corrected chi connectivity index (χ0v) is 18.2. The number of carbonyl (C=O) groups excluding carboxylic acids is 2. The minimum Gasteiger partial charge on any atom is -0.467 e. The van der Waals surface area contributed by atoms with Gasteiger partial charge in [-0.2, -0.15) is 0 Å². The summed E-state index contributed by atoms with van der Waals surface area (Å²) in [7, 11) is -0.680. The lowest BCUT2D eigenvalue weighted by atomic mass is 10.2. The van der Waals surface area contributed by atoms with Crippen LogP contribution in [0.4, 0.5) is 4.79 Å². The fourth-order valence-corrected chi connectivity index (χ4v) is 4.20. The SMILES string of the molecule is COC(=O)[C@@H]1C[C@H](O[Si](C)(C)C(C)(C)C)CN1C(=O)OCc1ccccc1. The number of carbonyl (C=O) groups is 2. The minimum atomic E-state index is -2.01. The van der Waals surface area contributed by atoms with Crippen molar-refractivity contribution >= 4 is 20.4 Å². The molecule has 27 heavy (non-hydrogen) atoms. The molecule has 1 amide bonds. The van der Waals surface area contributed by atoms with E-state index < -0.39 is 26.4 Å². The highest BCUT2D eigenvalue weighted by atomic mass is 28.4. The van der Waals surface area contributed by atoms with Crippen LogP contribution < -0.4 is 0 Å². The molecule has 1 heterocycles. The van der Waals surface area contributed by atoms with Crippen molar-refractivity contribution in [3.05, 3.63) is 35.9 Å². The van der Waals surface area contributed by atoms with Crippen LogP contribution in [-0.2, 0) is 25.3 Å². The second-order valence-corrected chi connectivity index (χ2v) is 13.2. The number of hydrogen-bond donors (Lipinski definition) is 0. The molecule has 0 radical (unpaired) electrons. The zero-order chi connectivity index (χ0) is 20.2. The van der Waals surface area contributed by atoms with E-state index in [2.05, 4.69) is 33.9 Å². The lowest BCUT2D eigenvalue weighted by Gasteiger charge is -2.38. The van der Waals surface area contributed by atoms with E-state index in [0.29, 0.717) is 13.0 Å². The molecule has 0 aliphatic carbocycles. The average Bonchev–Trinajstić information content (AvgIpc) is 3.02. The number of esters is 1. The van der Waals surface area contributed by atoms with E-state index in [1.807, 2.05) is 30.3 Å². The van der Waals surface area contributed by atoms with Gasteiger partial charge in [-0.15, -0.1) is 0 Å². The molecular formula is C20H31NO5Si. The lowest BCUT2D eigenvalue weighted by Crippen LogP contribution is -2.45. The van der Waals surface area contributed by atoms with E-state index in [0.717, 1.165) is 5.56 Å². The lowest BCUT2D eigenvalue weighted by molar-refractivity contribution is -0.145. The Morgan fingerprint density at radius 3 is 2.37 bits per heavy atom. The summed E-state index contributed by atoms with van der Waals surface area (Å²) in [5, 5.41) is 0.0506. The van der Waals surface area contributed by atoms with Crippen molar-refractivity contribution in [1.82, 2.24) is 4.90 Å². The highest BCUT2D eigenvalue weighted by Gasteiger charge is 2.46. The third-order valence-corrected chi connectivity index (χ3v) is 9.98. The first kappa shape index (κ1) is 21.4. The molecule has 0 spiro atoms. The molecule has 0 saturated carbocycles. The molecule has 1 aromatic rings. The maximum Gasteiger partial charge on any atom is 0.410 e. The summed E-state index contributed by atoms with van der Waals surface area (Å²) in [4.78, 5) is 26.2. The summed E-state index contributed by atoms with van der Waals surface area (Å²) >= 11 is 0. The average molecular weight is 394 g/mol. The maximum absolute atomic E-state index is 12.6. The zero-order valence-electron chi connectivity index (χ0n) is 17.2. The van der Waals surface area contributed by atoms with Gasteiger partial charge in [0, 0.05) is 13.0 Å². The number of amides is 1. The van der Waals surface area contributed by atoms with Crippen LogP contribution in [-0.4, -0.2) is 51.1 Å². The van der Waals surface area contributed by atoms with Crippen molar-refractivity contribution < 1.29 is 23.5 Å². The van der Waals surface area contributed by atoms with Crippen molar-refractivity contribution in [2.75, 3.05) is 13.7 Å². The van der Waals surface area contributed by atoms with Gasteiger partial charge in [0.1, 0.15) is 12.6 Å². The van der Waals surface area contributed by atoms with E-state index in [1.54, 1.807) is 0 Å². The van der Waals surface area contributed by atoms with Gasteiger partial charge in [0.15, 0.2) is 8.32 Å². The Labute approximate surface area is 162 Å². The van der Waals surface area contributed by atoms with Crippen LogP contribution in [0.3, 0.4) is 0 Å². The first-order valence-electron chi connectivity index (χ1n) is 9.28. The molecule has 1 aliphatic rings. The summed E-state index contributed by atoms with van der Waals surface area (Å²) in [6, 6.07) is 8.78. The number of benzene rings is 1. The smallest absolute Gasteiger partial charge is 0.410 e. The number of hydrogen-bond acceptors (Lipinski definition) is 5. The van der Waals surface area contributed by atoms with Crippen LogP contribution in [0.15, 0.2) is 30.3 Å². The molecular weight excluding hydrogens is 362 g/mol. The van der Waals surface area contributed by atoms with E-state index >= 15 is 0 Å². The van der Waals surface area contributed by atoms with Gasteiger partial charge in [0.05, 0.1) is 13.2 Å². The largest absolute Gasteiger partial charge is 0.467 e. The minimum absolute atomic E-state index is 0.0506. The van der Waals surface area contributed by atoms with Crippen molar-refractivity contribution in [2.24, 2.45) is 0 Å². The number of methoxy groups -OCH3 is 1. The molecule has 7 heteroatoms. The Balaban J connectivity index is 2.06. The second kappa shape index (κ2) is 8.44. The van der Waals surface area contributed by atoms with Crippen LogP contribution in [0.25, 0.3) is 0 Å². The van der Waals surface area contributed by atoms with Gasteiger partial charge in [0.2, 0.25) is 0 Å². The van der Waals surface area contributed by atoms with E-state index in [1.165, 1.54) is 12.0 Å². The summed E-state index contributed by atoms with van der Waals surface area (Å²) < 4.78 is 16.7. The Morgan fingerprint density at radius 2 is 1.81 bits per heavy atom. The fraction of sp³-hybridized carbons (Fsp3) is 0.600. The molecule has 6 nitrogen and oxygen atoms in total. The van der Waals surface area contributed by atoms with Crippen LogP contribution in [0.2, 0.25) is 18.1 Å². The highest BCUT2D eigenvalue weighted by Crippen LogP contribution is 2.39. The van der Waals surface area contributed by atoms with Crippen molar-refractivity contribution in [2.45, 2.75) is 64.1 Å². The van der Waals surface area contributed by atoms with E-state index in [-0.39, 0.29) is 17.7 Å². The predicted octanol–water partition coefficient (Wildman–Crippen LogP) is 3.96. The molecule has 0 unspecified atom stereocenters. The van der Waals surface area contributed by atoms with Gasteiger partial charge in [0.25, 0.3) is 0 Å². The summed E-state index contributed by atoms with van der Waals surface area (Å²) in [6.45, 7) is 11.3. The summed E-state index contributed by atoms with van der Waals surface area (Å²) in [6.07, 6.45) is -0.283. The monoisotopic (exact) mass is 393 g/mol. The molecule has 1 saturated heterocycles. The quantitative estimate of drug-likeness (QED) is 0.560. The van der Waals surface area contributed by atoms with Gasteiger partial charge in [-0.3, -0.25) is 4.90 Å². The number of likely N-dealkylation sites (tertiary alicyclic amines) is 1. The molecule has 1 aromatic carbocycles. The Morgan fingerprint density at radius 1 is 1.19 bits per heavy atom. The van der Waals surface area contributed by atoms with Gasteiger partial charge in [-0.25, -0.2) is 9.59 Å². The number of rotatable bonds is 5. The van der Waals surface area contributed by atoms with Crippen molar-refractivity contribution in [1.29, 1.82) is 0 Å². The van der Waals surface area contributed by atoms with Crippen LogP contribution in [0.1, 0.15) is 32.8 Å². The first-order chi connectivity index (χ1) is 12.5. The number of nitrogens with zero attached hydrogens (tertiary/aromatic N) is 1. The Kier molecular flexibility index (Phi) is 6.70. The molecule has 1 fully saturated rings. The van der Waals surface area contributed by atoms with Gasteiger partial charge in [-0.1, -0.05) is 51.1 Å². The van der Waals surface area contributed by atoms with Crippen molar-refractivity contribution in [3.8, 4) is 0 Å². The summed E-state index contributed by atoms with van der Waals surface area (Å²) in [5.41, 5.74) is 0.897. The Hall–Kier alpha value is -1.86. The van der Waals surface area contributed by atoms with E-state index in [9.17, 15) is 9.59 Å². The van der Waals surface area contributed by atoms with E-state index in [4.69, 9.17) is 13.9 Å². The maximum atomic E-state index is 12.6. The molecule has 0 N–H and O–H groups in total. The normalized spacial score (nSPS) is 20.4. The predicted molar refractivity (Wildman–Crippen MR) is 106 cm³/mol. The molecule has 2 atom stereocenters. The van der Waals surface area contributed by atoms with Gasteiger partial charge >= 0.3 is 12.1 Å². The Bertz CT molecular complexity index is 656. The molecule has 0 bridgehead atoms. The second-order valence-electron chi connectivity index (χ2n) is 8.47. The van der Waals surface area contributed by atoms with Crippen molar-refractivity contribution in [3.63, 3.8) is 0 Å². The molecule has 2 rings (SSSR count). The topological polar surface area (TPSA) is 65.1 Å². The van der Waals surface area contributed by atoms with Crippen LogP contribution in [0.5, 0.6) is 0 Å². The third-order valence-electron chi connectivity index (χ3n) is 5.44. The standard InChI is InChI=1S/C20H31NO5Si/c1-20(2,3)27(5,6)26-16-12-17(18(22)24-4)21(13-16)19(23)25-14-15-10-8-7-9-11-15/h7-11,16-17H,12-14H2,1-6H3/t16-,17-/m0/s1. The third kappa shape index (κ3) is 5.32. The summed E-state index contributed by atoms with van der Waals surface area (Å²) in [5.74, 6) is -0.437. The molecule has 0 aromatic heterocycles. The first-order valence-corrected chi connectivity index (χ1v) is 12.2. The highest BCUT2D eigenvalue weighted by molar-refractivity contribution is 6.74. The van der Waals surface area contributed by atoms with Crippen LogP contribution in [0, 0.1) is 0 Å².